The number of rotatable bonds is 6. The normalized spacial score (nSPS) is 10.5. The van der Waals surface area contributed by atoms with Gasteiger partial charge in [0.25, 0.3) is 5.91 Å². The molecule has 1 N–H and O–H groups in total. The van der Waals surface area contributed by atoms with Crippen LogP contribution < -0.4 is 5.32 Å². The fraction of sp³-hybridized carbons (Fsp3) is 0.0769. The molecule has 8 nitrogen and oxygen atoms in total. The molecule has 4 aromatic rings. The number of halogens is 1. The lowest BCUT2D eigenvalue weighted by Gasteiger charge is -2.11. The molecule has 0 saturated heterocycles. The van der Waals surface area contributed by atoms with Crippen molar-refractivity contribution in [1.29, 1.82) is 0 Å². The lowest BCUT2D eigenvalue weighted by Crippen LogP contribution is -2.15. The van der Waals surface area contributed by atoms with Gasteiger partial charge in [-0.1, -0.05) is 23.7 Å². The maximum Gasteiger partial charge on any atom is 0.337 e. The van der Waals surface area contributed by atoms with Crippen LogP contribution in [0, 0.1) is 0 Å². The van der Waals surface area contributed by atoms with Gasteiger partial charge in [-0.3, -0.25) is 4.79 Å². The molecule has 0 bridgehead atoms. The SMILES string of the molecule is COC(=O)c1cc(NC(=O)c2ccccc2-c2ncc(-c3ccc(Cl)cc3)o2)cc(C(=O)OC)c1. The fourth-order valence-electron chi connectivity index (χ4n) is 3.38. The number of benzene rings is 3. The van der Waals surface area contributed by atoms with Gasteiger partial charge in [0.2, 0.25) is 5.89 Å². The van der Waals surface area contributed by atoms with Crippen molar-refractivity contribution in [1.82, 2.24) is 4.98 Å². The zero-order chi connectivity index (χ0) is 24.9. The van der Waals surface area contributed by atoms with E-state index in [0.717, 1.165) is 5.56 Å². The highest BCUT2D eigenvalue weighted by Crippen LogP contribution is 2.29. The van der Waals surface area contributed by atoms with Crippen LogP contribution in [0.3, 0.4) is 0 Å². The first-order valence-electron chi connectivity index (χ1n) is 10.3. The summed E-state index contributed by atoms with van der Waals surface area (Å²) in [4.78, 5) is 41.6. The van der Waals surface area contributed by atoms with Gasteiger partial charge >= 0.3 is 11.9 Å². The van der Waals surface area contributed by atoms with E-state index in [2.05, 4.69) is 10.3 Å². The Morgan fingerprint density at radius 1 is 0.886 bits per heavy atom. The average molecular weight is 491 g/mol. The number of hydrogen-bond acceptors (Lipinski definition) is 7. The maximum atomic E-state index is 13.2. The smallest absolute Gasteiger partial charge is 0.337 e. The van der Waals surface area contributed by atoms with Crippen LogP contribution in [0.2, 0.25) is 5.02 Å². The van der Waals surface area contributed by atoms with Gasteiger partial charge in [-0.25, -0.2) is 14.6 Å². The van der Waals surface area contributed by atoms with E-state index in [4.69, 9.17) is 25.5 Å². The van der Waals surface area contributed by atoms with Crippen molar-refractivity contribution in [2.75, 3.05) is 19.5 Å². The molecule has 0 aliphatic rings. The second-order valence-corrected chi connectivity index (χ2v) is 7.75. The molecule has 1 heterocycles. The van der Waals surface area contributed by atoms with E-state index in [1.54, 1.807) is 54.7 Å². The van der Waals surface area contributed by atoms with Crippen LogP contribution in [-0.2, 0) is 9.47 Å². The van der Waals surface area contributed by atoms with E-state index in [9.17, 15) is 14.4 Å². The summed E-state index contributed by atoms with van der Waals surface area (Å²) < 4.78 is 15.4. The van der Waals surface area contributed by atoms with E-state index in [1.165, 1.54) is 32.4 Å². The first kappa shape index (κ1) is 23.7. The number of hydrogen-bond donors (Lipinski definition) is 1. The monoisotopic (exact) mass is 490 g/mol. The number of oxazole rings is 1. The van der Waals surface area contributed by atoms with E-state index in [1.807, 2.05) is 0 Å². The molecule has 0 radical (unpaired) electrons. The molecule has 0 aliphatic heterocycles. The molecule has 35 heavy (non-hydrogen) atoms. The Balaban J connectivity index is 1.66. The minimum Gasteiger partial charge on any atom is -0.465 e. The van der Waals surface area contributed by atoms with Crippen molar-refractivity contribution in [2.45, 2.75) is 0 Å². The summed E-state index contributed by atoms with van der Waals surface area (Å²) in [5, 5.41) is 3.31. The van der Waals surface area contributed by atoms with Gasteiger partial charge in [-0.05, 0) is 54.6 Å². The number of nitrogens with zero attached hydrogens (tertiary/aromatic N) is 1. The number of ether oxygens (including phenoxy) is 2. The summed E-state index contributed by atoms with van der Waals surface area (Å²) in [6.07, 6.45) is 1.57. The molecule has 0 spiro atoms. The predicted octanol–water partition coefficient (Wildman–Crippen LogP) is 5.49. The Morgan fingerprint density at radius 2 is 1.51 bits per heavy atom. The van der Waals surface area contributed by atoms with Crippen LogP contribution in [0.4, 0.5) is 5.69 Å². The van der Waals surface area contributed by atoms with Crippen molar-refractivity contribution in [3.05, 3.63) is 94.6 Å². The lowest BCUT2D eigenvalue weighted by atomic mass is 10.1. The van der Waals surface area contributed by atoms with Crippen LogP contribution in [0.5, 0.6) is 0 Å². The van der Waals surface area contributed by atoms with Crippen molar-refractivity contribution >= 4 is 35.1 Å². The van der Waals surface area contributed by atoms with Crippen LogP contribution in [0.1, 0.15) is 31.1 Å². The second-order valence-electron chi connectivity index (χ2n) is 7.32. The van der Waals surface area contributed by atoms with E-state index >= 15 is 0 Å². The second kappa shape index (κ2) is 10.2. The lowest BCUT2D eigenvalue weighted by molar-refractivity contribution is 0.0599. The van der Waals surface area contributed by atoms with Crippen molar-refractivity contribution < 1.29 is 28.3 Å². The average Bonchev–Trinajstić information content (AvgIpc) is 3.38. The topological polar surface area (TPSA) is 108 Å². The minimum atomic E-state index is -0.666. The van der Waals surface area contributed by atoms with E-state index in [0.29, 0.717) is 16.3 Å². The summed E-state index contributed by atoms with van der Waals surface area (Å²) >= 11 is 5.95. The summed E-state index contributed by atoms with van der Waals surface area (Å²) in [7, 11) is 2.44. The zero-order valence-corrected chi connectivity index (χ0v) is 19.5. The molecular weight excluding hydrogens is 472 g/mol. The largest absolute Gasteiger partial charge is 0.465 e. The molecule has 0 atom stereocenters. The van der Waals surface area contributed by atoms with Crippen molar-refractivity contribution in [3.8, 4) is 22.8 Å². The molecule has 3 aromatic carbocycles. The highest BCUT2D eigenvalue weighted by molar-refractivity contribution is 6.30. The quantitative estimate of drug-likeness (QED) is 0.356. The molecule has 4 rings (SSSR count). The molecule has 1 amide bonds. The first-order chi connectivity index (χ1) is 16.9. The highest BCUT2D eigenvalue weighted by atomic mass is 35.5. The number of aromatic nitrogens is 1. The fourth-order valence-corrected chi connectivity index (χ4v) is 3.51. The number of nitrogens with one attached hydrogen (secondary N) is 1. The maximum absolute atomic E-state index is 13.2. The number of methoxy groups -OCH3 is 2. The molecule has 0 fully saturated rings. The van der Waals surface area contributed by atoms with Crippen molar-refractivity contribution in [2.24, 2.45) is 0 Å². The van der Waals surface area contributed by atoms with Gasteiger partial charge in [-0.15, -0.1) is 0 Å². The summed E-state index contributed by atoms with van der Waals surface area (Å²) in [5.74, 6) is -1.06. The van der Waals surface area contributed by atoms with Crippen molar-refractivity contribution in [3.63, 3.8) is 0 Å². The Kier molecular flexibility index (Phi) is 6.93. The summed E-state index contributed by atoms with van der Waals surface area (Å²) in [5.41, 5.74) is 1.90. The van der Waals surface area contributed by atoms with Gasteiger partial charge in [0.1, 0.15) is 0 Å². The summed E-state index contributed by atoms with van der Waals surface area (Å²) in [6.45, 7) is 0. The van der Waals surface area contributed by atoms with E-state index < -0.39 is 17.8 Å². The third-order valence-electron chi connectivity index (χ3n) is 5.07. The minimum absolute atomic E-state index is 0.0827. The number of esters is 2. The molecule has 1 aromatic heterocycles. The molecule has 0 saturated carbocycles. The molecule has 0 aliphatic carbocycles. The number of anilines is 1. The van der Waals surface area contributed by atoms with Gasteiger partial charge in [0.15, 0.2) is 5.76 Å². The number of carbonyl (C=O) groups excluding carboxylic acids is 3. The number of amides is 1. The molecular formula is C26H19ClN2O6. The van der Waals surface area contributed by atoms with Gasteiger partial charge in [-0.2, -0.15) is 0 Å². The standard InChI is InChI=1S/C26H19ClN2O6/c1-33-25(31)16-11-17(26(32)34-2)13-19(12-16)29-23(30)20-5-3-4-6-21(20)24-28-14-22(35-24)15-7-9-18(27)10-8-15/h3-14H,1-2H3,(H,29,30). The van der Waals surface area contributed by atoms with E-state index in [-0.39, 0.29) is 28.3 Å². The highest BCUT2D eigenvalue weighted by Gasteiger charge is 2.19. The summed E-state index contributed by atoms with van der Waals surface area (Å²) in [6, 6.07) is 18.0. The third-order valence-corrected chi connectivity index (χ3v) is 5.32. The van der Waals surface area contributed by atoms with Crippen LogP contribution in [0.15, 0.2) is 77.3 Å². The Labute approximate surface area is 205 Å². The Morgan fingerprint density at radius 3 is 2.14 bits per heavy atom. The Bertz CT molecular complexity index is 1380. The Hall–Kier alpha value is -4.43. The molecule has 176 valence electrons. The van der Waals surface area contributed by atoms with Crippen LogP contribution in [-0.4, -0.2) is 37.0 Å². The van der Waals surface area contributed by atoms with Gasteiger partial charge in [0, 0.05) is 21.8 Å². The first-order valence-corrected chi connectivity index (χ1v) is 10.7. The van der Waals surface area contributed by atoms with Crippen LogP contribution >= 0.6 is 11.6 Å². The van der Waals surface area contributed by atoms with Gasteiger partial charge < -0.3 is 19.2 Å². The third kappa shape index (κ3) is 5.23. The number of carbonyl (C=O) groups is 3. The molecule has 0 unspecified atom stereocenters. The predicted molar refractivity (Wildman–Crippen MR) is 129 cm³/mol. The van der Waals surface area contributed by atoms with Gasteiger partial charge in [0.05, 0.1) is 37.1 Å². The zero-order valence-electron chi connectivity index (χ0n) is 18.7. The van der Waals surface area contributed by atoms with Crippen LogP contribution in [0.25, 0.3) is 22.8 Å². The molecule has 9 heteroatoms.